The molecule has 2 aromatic rings. The summed E-state index contributed by atoms with van der Waals surface area (Å²) in [7, 11) is 1.64. The molecule has 0 unspecified atom stereocenters. The third-order valence-corrected chi connectivity index (χ3v) is 3.82. The molecule has 160 valence electrons. The molecule has 1 aromatic carbocycles. The molecule has 4 N–H and O–H groups in total. The number of nitrogens with two attached hydrogens (primary N) is 1. The highest BCUT2D eigenvalue weighted by atomic mass is 16.5. The molecule has 1 aromatic heterocycles. The molecule has 0 atom stereocenters. The smallest absolute Gasteiger partial charge is 0.228 e. The summed E-state index contributed by atoms with van der Waals surface area (Å²) in [6, 6.07) is 7.62. The van der Waals surface area contributed by atoms with Gasteiger partial charge in [0, 0.05) is 25.2 Å². The average Bonchev–Trinajstić information content (AvgIpc) is 2.74. The Bertz CT molecular complexity index is 712. The zero-order chi connectivity index (χ0) is 20.9. The Balaban J connectivity index is 1.98. The molecular formula is C20H32N6O3. The molecule has 0 fully saturated rings. The first-order valence-corrected chi connectivity index (χ1v) is 9.86. The summed E-state index contributed by atoms with van der Waals surface area (Å²) < 4.78 is 16.0. The summed E-state index contributed by atoms with van der Waals surface area (Å²) in [6.45, 7) is 8.26. The van der Waals surface area contributed by atoms with Crippen LogP contribution in [0, 0.1) is 5.92 Å². The Morgan fingerprint density at radius 2 is 1.55 bits per heavy atom. The second-order valence-corrected chi connectivity index (χ2v) is 6.75. The summed E-state index contributed by atoms with van der Waals surface area (Å²) in [5.74, 6) is 2.89. The van der Waals surface area contributed by atoms with E-state index in [-0.39, 0.29) is 0 Å². The van der Waals surface area contributed by atoms with Gasteiger partial charge in [0.15, 0.2) is 5.82 Å². The van der Waals surface area contributed by atoms with Crippen molar-refractivity contribution in [2.75, 3.05) is 63.8 Å². The van der Waals surface area contributed by atoms with Gasteiger partial charge in [-0.15, -0.1) is 0 Å². The Labute approximate surface area is 172 Å². The molecule has 9 nitrogen and oxygen atoms in total. The van der Waals surface area contributed by atoms with Gasteiger partial charge in [0.05, 0.1) is 33.5 Å². The van der Waals surface area contributed by atoms with Crippen LogP contribution in [0.2, 0.25) is 0 Å². The van der Waals surface area contributed by atoms with Crippen LogP contribution in [-0.4, -0.2) is 68.1 Å². The van der Waals surface area contributed by atoms with E-state index in [2.05, 4.69) is 39.4 Å². The predicted octanol–water partition coefficient (Wildman–Crippen LogP) is 2.02. The summed E-state index contributed by atoms with van der Waals surface area (Å²) in [5.41, 5.74) is 6.25. The summed E-state index contributed by atoms with van der Waals surface area (Å²) >= 11 is 0. The first-order chi connectivity index (χ1) is 14.1. The van der Waals surface area contributed by atoms with Crippen LogP contribution in [0.3, 0.4) is 0 Å². The molecule has 0 aliphatic heterocycles. The number of aromatic nitrogens is 3. The lowest BCUT2D eigenvalue weighted by molar-refractivity contribution is 0.0547. The normalized spacial score (nSPS) is 10.9. The fraction of sp³-hybridized carbons (Fsp3) is 0.550. The minimum absolute atomic E-state index is 0.475. The van der Waals surface area contributed by atoms with Crippen molar-refractivity contribution in [2.45, 2.75) is 13.8 Å². The van der Waals surface area contributed by atoms with E-state index in [1.54, 1.807) is 7.11 Å². The molecule has 0 radical (unpaired) electrons. The number of hydrogen-bond acceptors (Lipinski definition) is 9. The Hall–Kier alpha value is -2.49. The molecule has 29 heavy (non-hydrogen) atoms. The second-order valence-electron chi connectivity index (χ2n) is 6.75. The third-order valence-electron chi connectivity index (χ3n) is 3.82. The van der Waals surface area contributed by atoms with Crippen LogP contribution in [0.4, 0.5) is 11.9 Å². The van der Waals surface area contributed by atoms with Gasteiger partial charge >= 0.3 is 0 Å². The van der Waals surface area contributed by atoms with Crippen molar-refractivity contribution in [2.24, 2.45) is 11.7 Å². The van der Waals surface area contributed by atoms with E-state index in [1.165, 1.54) is 0 Å². The van der Waals surface area contributed by atoms with Crippen molar-refractivity contribution in [1.82, 2.24) is 15.0 Å². The lowest BCUT2D eigenvalue weighted by Gasteiger charge is -2.12. The number of ether oxygens (including phenoxy) is 3. The maximum atomic E-state index is 5.52. The number of rotatable bonds is 14. The molecule has 0 aliphatic rings. The summed E-state index contributed by atoms with van der Waals surface area (Å²) in [4.78, 5) is 13.5. The number of nitrogens with zero attached hydrogens (tertiary/aromatic N) is 3. The molecule has 0 spiro atoms. The summed E-state index contributed by atoms with van der Waals surface area (Å²) in [5, 5.41) is 6.46. The highest BCUT2D eigenvalue weighted by Crippen LogP contribution is 2.21. The number of nitrogens with one attached hydrogen (secondary N) is 2. The van der Waals surface area contributed by atoms with Crippen molar-refractivity contribution in [1.29, 1.82) is 0 Å². The van der Waals surface area contributed by atoms with Crippen LogP contribution >= 0.6 is 0 Å². The van der Waals surface area contributed by atoms with E-state index in [4.69, 9.17) is 19.9 Å². The zero-order valence-corrected chi connectivity index (χ0v) is 17.5. The van der Waals surface area contributed by atoms with Crippen molar-refractivity contribution in [3.8, 4) is 17.1 Å². The van der Waals surface area contributed by atoms with Crippen LogP contribution in [0.25, 0.3) is 11.4 Å². The molecule has 0 aliphatic carbocycles. The van der Waals surface area contributed by atoms with Gasteiger partial charge in [-0.25, -0.2) is 0 Å². The topological polar surface area (TPSA) is 116 Å². The van der Waals surface area contributed by atoms with E-state index < -0.39 is 0 Å². The number of methoxy groups -OCH3 is 1. The molecule has 0 saturated carbocycles. The largest absolute Gasteiger partial charge is 0.497 e. The molecule has 0 bridgehead atoms. The predicted molar refractivity (Wildman–Crippen MR) is 114 cm³/mol. The van der Waals surface area contributed by atoms with Gasteiger partial charge in [0.25, 0.3) is 0 Å². The number of hydrogen-bond donors (Lipinski definition) is 3. The minimum Gasteiger partial charge on any atom is -0.497 e. The molecule has 2 rings (SSSR count). The van der Waals surface area contributed by atoms with E-state index >= 15 is 0 Å². The first kappa shape index (κ1) is 22.8. The van der Waals surface area contributed by atoms with E-state index in [0.717, 1.165) is 17.9 Å². The lowest BCUT2D eigenvalue weighted by atomic mass is 10.2. The average molecular weight is 405 g/mol. The first-order valence-electron chi connectivity index (χ1n) is 9.86. The molecular weight excluding hydrogens is 372 g/mol. The van der Waals surface area contributed by atoms with Gasteiger partial charge in [-0.2, -0.15) is 15.0 Å². The lowest BCUT2D eigenvalue weighted by Crippen LogP contribution is -2.17. The molecule has 1 heterocycles. The van der Waals surface area contributed by atoms with Crippen LogP contribution in [0.1, 0.15) is 13.8 Å². The second kappa shape index (κ2) is 12.9. The monoisotopic (exact) mass is 404 g/mol. The Morgan fingerprint density at radius 3 is 2.17 bits per heavy atom. The van der Waals surface area contributed by atoms with Crippen LogP contribution in [0.15, 0.2) is 24.3 Å². The van der Waals surface area contributed by atoms with E-state index in [1.807, 2.05) is 24.3 Å². The molecule has 0 saturated heterocycles. The van der Waals surface area contributed by atoms with Crippen LogP contribution < -0.4 is 21.1 Å². The van der Waals surface area contributed by atoms with Crippen molar-refractivity contribution < 1.29 is 14.2 Å². The Morgan fingerprint density at radius 1 is 0.897 bits per heavy atom. The standard InChI is InChI=1S/C20H32N6O3/c1-15(2)14-23-20-25-18(16-4-6-17(27-3)7-5-16)24-19(26-20)22-9-11-29-13-12-28-10-8-21/h4-7,15H,8-14,21H2,1-3H3,(H2,22,23,24,25,26). The molecule has 0 amide bonds. The highest BCUT2D eigenvalue weighted by molar-refractivity contribution is 5.59. The Kier molecular flexibility index (Phi) is 10.1. The van der Waals surface area contributed by atoms with Crippen LogP contribution in [0.5, 0.6) is 5.75 Å². The quantitative estimate of drug-likeness (QED) is 0.407. The SMILES string of the molecule is COc1ccc(-c2nc(NCCOCCOCCN)nc(NCC(C)C)n2)cc1. The van der Waals surface area contributed by atoms with E-state index in [0.29, 0.717) is 63.2 Å². The maximum Gasteiger partial charge on any atom is 0.228 e. The van der Waals surface area contributed by atoms with Gasteiger partial charge < -0.3 is 30.6 Å². The van der Waals surface area contributed by atoms with E-state index in [9.17, 15) is 0 Å². The number of benzene rings is 1. The zero-order valence-electron chi connectivity index (χ0n) is 17.5. The third kappa shape index (κ3) is 8.59. The van der Waals surface area contributed by atoms with Gasteiger partial charge in [0.1, 0.15) is 5.75 Å². The van der Waals surface area contributed by atoms with Gasteiger partial charge in [0.2, 0.25) is 11.9 Å². The highest BCUT2D eigenvalue weighted by Gasteiger charge is 2.09. The fourth-order valence-electron chi connectivity index (χ4n) is 2.34. The van der Waals surface area contributed by atoms with Crippen molar-refractivity contribution in [3.05, 3.63) is 24.3 Å². The van der Waals surface area contributed by atoms with Gasteiger partial charge in [-0.1, -0.05) is 13.8 Å². The summed E-state index contributed by atoms with van der Waals surface area (Å²) in [6.07, 6.45) is 0. The van der Waals surface area contributed by atoms with Gasteiger partial charge in [-0.3, -0.25) is 0 Å². The van der Waals surface area contributed by atoms with Gasteiger partial charge in [-0.05, 0) is 30.2 Å². The minimum atomic E-state index is 0.475. The molecule has 9 heteroatoms. The number of anilines is 2. The fourth-order valence-corrected chi connectivity index (χ4v) is 2.34. The maximum absolute atomic E-state index is 5.52. The van der Waals surface area contributed by atoms with Crippen LogP contribution in [-0.2, 0) is 9.47 Å². The van der Waals surface area contributed by atoms with Crippen molar-refractivity contribution >= 4 is 11.9 Å². The van der Waals surface area contributed by atoms with Crippen molar-refractivity contribution in [3.63, 3.8) is 0 Å².